The maximum atomic E-state index is 12.7. The van der Waals surface area contributed by atoms with Crippen molar-refractivity contribution < 1.29 is 9.53 Å². The smallest absolute Gasteiger partial charge is 0.410 e. The molecule has 158 valence electrons. The van der Waals surface area contributed by atoms with Gasteiger partial charge in [0.2, 0.25) is 0 Å². The van der Waals surface area contributed by atoms with E-state index in [1.807, 2.05) is 20.8 Å². The van der Waals surface area contributed by atoms with E-state index in [1.165, 1.54) is 24.1 Å². The summed E-state index contributed by atoms with van der Waals surface area (Å²) < 4.78 is 5.61. The molecule has 6 heteroatoms. The Kier molecular flexibility index (Phi) is 5.75. The lowest BCUT2D eigenvalue weighted by molar-refractivity contribution is 0.0224. The molecule has 5 nitrogen and oxygen atoms in total. The molecule has 0 spiro atoms. The summed E-state index contributed by atoms with van der Waals surface area (Å²) in [4.78, 5) is 18.0. The van der Waals surface area contributed by atoms with Crippen molar-refractivity contribution in [1.29, 1.82) is 5.26 Å². The van der Waals surface area contributed by atoms with Gasteiger partial charge in [0.05, 0.1) is 11.3 Å². The average molecular weight is 424 g/mol. The summed E-state index contributed by atoms with van der Waals surface area (Å²) in [6, 6.07) is 8.87. The van der Waals surface area contributed by atoms with Crippen LogP contribution in [0.25, 0.3) is 10.4 Å². The minimum atomic E-state index is -0.524. The summed E-state index contributed by atoms with van der Waals surface area (Å²) >= 11 is 1.70. The number of benzene rings is 1. The normalized spacial score (nSPS) is 16.7. The highest BCUT2D eigenvalue weighted by Gasteiger charge is 2.31. The number of ether oxygens (including phenoxy) is 1. The SMILES string of the molecule is CC(C)(C)OC(=O)N1CCc2c(C#N)c(N3CCCCC3)cc(-c3cccs3)c2C1. The van der Waals surface area contributed by atoms with Crippen LogP contribution in [0.1, 0.15) is 56.7 Å². The molecule has 1 amide bonds. The van der Waals surface area contributed by atoms with Crippen LogP contribution in [-0.4, -0.2) is 36.2 Å². The lowest BCUT2D eigenvalue weighted by Gasteiger charge is -2.35. The van der Waals surface area contributed by atoms with Gasteiger partial charge in [0, 0.05) is 31.1 Å². The van der Waals surface area contributed by atoms with E-state index in [-0.39, 0.29) is 6.09 Å². The summed E-state index contributed by atoms with van der Waals surface area (Å²) in [7, 11) is 0. The van der Waals surface area contributed by atoms with Crippen molar-refractivity contribution in [2.75, 3.05) is 24.5 Å². The number of amides is 1. The third-order valence-electron chi connectivity index (χ3n) is 5.76. The first-order valence-corrected chi connectivity index (χ1v) is 11.6. The number of carbonyl (C=O) groups is 1. The Bertz CT molecular complexity index is 964. The first-order valence-electron chi connectivity index (χ1n) is 10.7. The Morgan fingerprint density at radius 2 is 1.93 bits per heavy atom. The maximum Gasteiger partial charge on any atom is 0.410 e. The highest BCUT2D eigenvalue weighted by molar-refractivity contribution is 7.13. The molecule has 0 N–H and O–H groups in total. The molecule has 1 fully saturated rings. The Hall–Kier alpha value is -2.52. The van der Waals surface area contributed by atoms with Crippen molar-refractivity contribution in [1.82, 2.24) is 4.90 Å². The zero-order valence-corrected chi connectivity index (χ0v) is 18.8. The lowest BCUT2D eigenvalue weighted by Crippen LogP contribution is -2.40. The van der Waals surface area contributed by atoms with E-state index >= 15 is 0 Å². The third-order valence-corrected chi connectivity index (χ3v) is 6.66. The second-order valence-electron chi connectivity index (χ2n) is 9.06. The molecule has 1 saturated heterocycles. The standard InChI is InChI=1S/C24H29N3O2S/c1-24(2,3)29-23(28)27-12-9-17-19(15-25)21(26-10-5-4-6-11-26)14-18(20(17)16-27)22-8-7-13-30-22/h7-8,13-14H,4-6,9-12,16H2,1-3H3. The van der Waals surface area contributed by atoms with Crippen LogP contribution < -0.4 is 4.90 Å². The first kappa shape index (κ1) is 20.7. The minimum Gasteiger partial charge on any atom is -0.444 e. The van der Waals surface area contributed by atoms with Crippen molar-refractivity contribution in [3.8, 4) is 16.5 Å². The van der Waals surface area contributed by atoms with Gasteiger partial charge >= 0.3 is 6.09 Å². The van der Waals surface area contributed by atoms with Crippen LogP contribution in [0.2, 0.25) is 0 Å². The molecule has 2 aliphatic rings. The van der Waals surface area contributed by atoms with Gasteiger partial charge in [-0.1, -0.05) is 6.07 Å². The molecule has 0 atom stereocenters. The zero-order valence-electron chi connectivity index (χ0n) is 18.0. The number of nitrogens with zero attached hydrogens (tertiary/aromatic N) is 3. The van der Waals surface area contributed by atoms with E-state index in [4.69, 9.17) is 4.74 Å². The van der Waals surface area contributed by atoms with Gasteiger partial charge in [-0.3, -0.25) is 0 Å². The number of hydrogen-bond donors (Lipinski definition) is 0. The number of nitriles is 1. The molecule has 0 bridgehead atoms. The summed E-state index contributed by atoms with van der Waals surface area (Å²) in [5.41, 5.74) is 4.66. The third kappa shape index (κ3) is 4.17. The van der Waals surface area contributed by atoms with Crippen LogP contribution in [0.4, 0.5) is 10.5 Å². The maximum absolute atomic E-state index is 12.7. The van der Waals surface area contributed by atoms with E-state index in [9.17, 15) is 10.1 Å². The fourth-order valence-electron chi connectivity index (χ4n) is 4.38. The van der Waals surface area contributed by atoms with Gasteiger partial charge < -0.3 is 14.5 Å². The molecule has 0 saturated carbocycles. The zero-order chi connectivity index (χ0) is 21.3. The van der Waals surface area contributed by atoms with Crippen molar-refractivity contribution in [2.24, 2.45) is 0 Å². The molecular weight excluding hydrogens is 394 g/mol. The van der Waals surface area contributed by atoms with E-state index in [2.05, 4.69) is 34.5 Å². The number of anilines is 1. The van der Waals surface area contributed by atoms with Crippen LogP contribution in [0.3, 0.4) is 0 Å². The molecule has 0 radical (unpaired) electrons. The van der Waals surface area contributed by atoms with Crippen LogP contribution in [0, 0.1) is 11.3 Å². The summed E-state index contributed by atoms with van der Waals surface area (Å²) in [6.07, 6.45) is 3.98. The van der Waals surface area contributed by atoms with Gasteiger partial charge in [-0.2, -0.15) is 5.26 Å². The fourth-order valence-corrected chi connectivity index (χ4v) is 5.15. The predicted molar refractivity (Wildman–Crippen MR) is 121 cm³/mol. The minimum absolute atomic E-state index is 0.288. The predicted octanol–water partition coefficient (Wildman–Crippen LogP) is 5.57. The number of rotatable bonds is 2. The van der Waals surface area contributed by atoms with Crippen molar-refractivity contribution in [3.63, 3.8) is 0 Å². The van der Waals surface area contributed by atoms with Gasteiger partial charge in [0.15, 0.2) is 0 Å². The van der Waals surface area contributed by atoms with E-state index < -0.39 is 5.60 Å². The number of hydrogen-bond acceptors (Lipinski definition) is 5. The Morgan fingerprint density at radius 3 is 2.57 bits per heavy atom. The van der Waals surface area contributed by atoms with Gasteiger partial charge in [0.1, 0.15) is 11.7 Å². The monoisotopic (exact) mass is 423 g/mol. The fraction of sp³-hybridized carbons (Fsp3) is 0.500. The molecule has 4 rings (SSSR count). The summed E-state index contributed by atoms with van der Waals surface area (Å²) in [6.45, 7) is 8.72. The molecule has 0 unspecified atom stereocenters. The number of piperidine rings is 1. The summed E-state index contributed by atoms with van der Waals surface area (Å²) in [5.74, 6) is 0. The number of fused-ring (bicyclic) bond motifs is 1. The highest BCUT2D eigenvalue weighted by Crippen LogP contribution is 2.40. The Labute approximate surface area is 182 Å². The quantitative estimate of drug-likeness (QED) is 0.634. The molecular formula is C24H29N3O2S. The highest BCUT2D eigenvalue weighted by atomic mass is 32.1. The summed E-state index contributed by atoms with van der Waals surface area (Å²) in [5, 5.41) is 12.2. The van der Waals surface area contributed by atoms with E-state index in [0.717, 1.165) is 41.0 Å². The van der Waals surface area contributed by atoms with Gasteiger partial charge in [-0.15, -0.1) is 11.3 Å². The van der Waals surface area contributed by atoms with Crippen molar-refractivity contribution >= 4 is 23.1 Å². The van der Waals surface area contributed by atoms with Gasteiger partial charge in [0.25, 0.3) is 0 Å². The van der Waals surface area contributed by atoms with Crippen molar-refractivity contribution in [2.45, 2.75) is 58.6 Å². The Balaban J connectivity index is 1.78. The second kappa shape index (κ2) is 8.31. The molecule has 1 aromatic carbocycles. The number of thiophene rings is 1. The largest absolute Gasteiger partial charge is 0.444 e. The lowest BCUT2D eigenvalue weighted by atomic mass is 9.88. The molecule has 3 heterocycles. The molecule has 2 aromatic rings. The van der Waals surface area contributed by atoms with E-state index in [1.54, 1.807) is 16.2 Å². The topological polar surface area (TPSA) is 56.6 Å². The molecule has 1 aromatic heterocycles. The second-order valence-corrected chi connectivity index (χ2v) is 10.0. The van der Waals surface area contributed by atoms with Crippen LogP contribution in [0.5, 0.6) is 0 Å². The van der Waals surface area contributed by atoms with Gasteiger partial charge in [-0.05, 0) is 80.7 Å². The average Bonchev–Trinajstić information content (AvgIpc) is 3.26. The van der Waals surface area contributed by atoms with Crippen LogP contribution in [-0.2, 0) is 17.7 Å². The van der Waals surface area contributed by atoms with Gasteiger partial charge in [-0.25, -0.2) is 4.79 Å². The Morgan fingerprint density at radius 1 is 1.17 bits per heavy atom. The van der Waals surface area contributed by atoms with E-state index in [0.29, 0.717) is 19.5 Å². The van der Waals surface area contributed by atoms with Crippen LogP contribution in [0.15, 0.2) is 23.6 Å². The van der Waals surface area contributed by atoms with Crippen molar-refractivity contribution in [3.05, 3.63) is 40.3 Å². The molecule has 2 aliphatic heterocycles. The first-order chi connectivity index (χ1) is 14.4. The molecule has 30 heavy (non-hydrogen) atoms. The van der Waals surface area contributed by atoms with Crippen LogP contribution >= 0.6 is 11.3 Å². The number of carbonyl (C=O) groups excluding carboxylic acids is 1. The molecule has 0 aliphatic carbocycles.